The molecule has 0 spiro atoms. The SMILES string of the molecule is COC(C)(C)CCCCC(C)Br. The van der Waals surface area contributed by atoms with Gasteiger partial charge in [-0.05, 0) is 26.7 Å². The minimum absolute atomic E-state index is 0.0650. The molecule has 0 aliphatic rings. The van der Waals surface area contributed by atoms with Crippen molar-refractivity contribution in [2.75, 3.05) is 7.11 Å². The van der Waals surface area contributed by atoms with Crippen molar-refractivity contribution in [3.05, 3.63) is 0 Å². The van der Waals surface area contributed by atoms with Crippen LogP contribution < -0.4 is 0 Å². The summed E-state index contributed by atoms with van der Waals surface area (Å²) in [6, 6.07) is 0. The Morgan fingerprint density at radius 2 is 1.92 bits per heavy atom. The molecule has 74 valence electrons. The number of alkyl halides is 1. The van der Waals surface area contributed by atoms with Crippen molar-refractivity contribution in [1.82, 2.24) is 0 Å². The van der Waals surface area contributed by atoms with Crippen LogP contribution in [-0.2, 0) is 4.74 Å². The number of hydrogen-bond donors (Lipinski definition) is 0. The smallest absolute Gasteiger partial charge is 0.0622 e. The van der Waals surface area contributed by atoms with Crippen LogP contribution in [0.15, 0.2) is 0 Å². The molecule has 0 heterocycles. The second-order valence-corrected chi connectivity index (χ2v) is 5.55. The summed E-state index contributed by atoms with van der Waals surface area (Å²) in [5.74, 6) is 0. The molecule has 0 amide bonds. The second kappa shape index (κ2) is 5.98. The highest BCUT2D eigenvalue weighted by molar-refractivity contribution is 9.09. The Hall–Kier alpha value is 0.440. The quantitative estimate of drug-likeness (QED) is 0.505. The molecule has 1 nitrogen and oxygen atoms in total. The first-order valence-corrected chi connectivity index (χ1v) is 5.59. The predicted molar refractivity (Wildman–Crippen MR) is 57.9 cm³/mol. The third-order valence-corrected chi connectivity index (χ3v) is 2.64. The normalized spacial score (nSPS) is 14.8. The molecule has 0 bridgehead atoms. The van der Waals surface area contributed by atoms with Gasteiger partial charge in [0.05, 0.1) is 5.60 Å². The molecular weight excluding hydrogens is 216 g/mol. The molecule has 0 radical (unpaired) electrons. The number of rotatable bonds is 6. The summed E-state index contributed by atoms with van der Waals surface area (Å²) in [5, 5.41) is 0. The fourth-order valence-electron chi connectivity index (χ4n) is 1.08. The van der Waals surface area contributed by atoms with E-state index in [4.69, 9.17) is 4.74 Å². The van der Waals surface area contributed by atoms with Gasteiger partial charge in [-0.3, -0.25) is 0 Å². The molecule has 0 rings (SSSR count). The van der Waals surface area contributed by atoms with E-state index >= 15 is 0 Å². The molecule has 12 heavy (non-hydrogen) atoms. The van der Waals surface area contributed by atoms with Gasteiger partial charge in [0, 0.05) is 11.9 Å². The minimum atomic E-state index is 0.0650. The lowest BCUT2D eigenvalue weighted by Crippen LogP contribution is -2.21. The van der Waals surface area contributed by atoms with Gasteiger partial charge in [-0.15, -0.1) is 0 Å². The Bertz CT molecular complexity index is 110. The van der Waals surface area contributed by atoms with E-state index in [0.29, 0.717) is 4.83 Å². The molecule has 0 aromatic heterocycles. The summed E-state index contributed by atoms with van der Waals surface area (Å²) in [6.45, 7) is 6.48. The zero-order valence-electron chi connectivity index (χ0n) is 8.69. The summed E-state index contributed by atoms with van der Waals surface area (Å²) < 4.78 is 5.33. The van der Waals surface area contributed by atoms with Crippen molar-refractivity contribution >= 4 is 15.9 Å². The number of halogens is 1. The van der Waals surface area contributed by atoms with Crippen molar-refractivity contribution in [1.29, 1.82) is 0 Å². The van der Waals surface area contributed by atoms with E-state index in [2.05, 4.69) is 36.7 Å². The summed E-state index contributed by atoms with van der Waals surface area (Å²) in [4.78, 5) is 0.656. The molecule has 1 unspecified atom stereocenters. The van der Waals surface area contributed by atoms with Gasteiger partial charge >= 0.3 is 0 Å². The summed E-state index contributed by atoms with van der Waals surface area (Å²) in [5.41, 5.74) is 0.0650. The zero-order chi connectivity index (χ0) is 9.61. The maximum Gasteiger partial charge on any atom is 0.0622 e. The molecule has 0 aliphatic carbocycles. The van der Waals surface area contributed by atoms with Crippen LogP contribution >= 0.6 is 15.9 Å². The summed E-state index contributed by atoms with van der Waals surface area (Å²) in [7, 11) is 1.78. The molecule has 2 heteroatoms. The number of ether oxygens (including phenoxy) is 1. The lowest BCUT2D eigenvalue weighted by Gasteiger charge is -2.22. The first-order chi connectivity index (χ1) is 5.48. The van der Waals surface area contributed by atoms with E-state index < -0.39 is 0 Å². The fourth-order valence-corrected chi connectivity index (χ4v) is 1.40. The van der Waals surface area contributed by atoms with Crippen molar-refractivity contribution in [3.63, 3.8) is 0 Å². The lowest BCUT2D eigenvalue weighted by molar-refractivity contribution is 0.0134. The van der Waals surface area contributed by atoms with Crippen molar-refractivity contribution < 1.29 is 4.74 Å². The van der Waals surface area contributed by atoms with Gasteiger partial charge in [-0.1, -0.05) is 35.7 Å². The Kier molecular flexibility index (Phi) is 6.20. The standard InChI is InChI=1S/C10H21BrO/c1-9(11)7-5-6-8-10(2,3)12-4/h9H,5-8H2,1-4H3. The van der Waals surface area contributed by atoms with Crippen LogP contribution in [0.25, 0.3) is 0 Å². The van der Waals surface area contributed by atoms with Crippen molar-refractivity contribution in [3.8, 4) is 0 Å². The Morgan fingerprint density at radius 1 is 1.33 bits per heavy atom. The van der Waals surface area contributed by atoms with Gasteiger partial charge in [0.25, 0.3) is 0 Å². The van der Waals surface area contributed by atoms with E-state index in [1.54, 1.807) is 7.11 Å². The van der Waals surface area contributed by atoms with Crippen LogP contribution in [0, 0.1) is 0 Å². The molecule has 1 atom stereocenters. The Labute approximate surface area is 85.0 Å². The van der Waals surface area contributed by atoms with Crippen LogP contribution in [0.3, 0.4) is 0 Å². The average molecular weight is 237 g/mol. The van der Waals surface area contributed by atoms with Crippen molar-refractivity contribution in [2.45, 2.75) is 56.9 Å². The van der Waals surface area contributed by atoms with Crippen LogP contribution in [0.5, 0.6) is 0 Å². The molecule has 0 fully saturated rings. The van der Waals surface area contributed by atoms with E-state index in [9.17, 15) is 0 Å². The van der Waals surface area contributed by atoms with Crippen LogP contribution in [0.1, 0.15) is 46.5 Å². The lowest BCUT2D eigenvalue weighted by atomic mass is 10.00. The van der Waals surface area contributed by atoms with E-state index in [1.807, 2.05) is 0 Å². The maximum atomic E-state index is 5.33. The van der Waals surface area contributed by atoms with E-state index in [1.165, 1.54) is 19.3 Å². The van der Waals surface area contributed by atoms with Gasteiger partial charge < -0.3 is 4.74 Å². The van der Waals surface area contributed by atoms with Gasteiger partial charge in [0.1, 0.15) is 0 Å². The van der Waals surface area contributed by atoms with Gasteiger partial charge in [-0.25, -0.2) is 0 Å². The molecule has 0 N–H and O–H groups in total. The van der Waals surface area contributed by atoms with Gasteiger partial charge in [0.15, 0.2) is 0 Å². The molecular formula is C10H21BrO. The van der Waals surface area contributed by atoms with Crippen molar-refractivity contribution in [2.24, 2.45) is 0 Å². The van der Waals surface area contributed by atoms with E-state index in [-0.39, 0.29) is 5.60 Å². The molecule has 0 aromatic rings. The largest absolute Gasteiger partial charge is 0.379 e. The molecule has 0 aromatic carbocycles. The fraction of sp³-hybridized carbons (Fsp3) is 1.00. The van der Waals surface area contributed by atoms with Crippen LogP contribution in [-0.4, -0.2) is 17.5 Å². The topological polar surface area (TPSA) is 9.23 Å². The Morgan fingerprint density at radius 3 is 2.33 bits per heavy atom. The minimum Gasteiger partial charge on any atom is -0.379 e. The third-order valence-electron chi connectivity index (χ3n) is 2.18. The second-order valence-electron chi connectivity index (χ2n) is 3.99. The van der Waals surface area contributed by atoms with Gasteiger partial charge in [0.2, 0.25) is 0 Å². The zero-order valence-corrected chi connectivity index (χ0v) is 10.3. The summed E-state index contributed by atoms with van der Waals surface area (Å²) in [6.07, 6.45) is 4.97. The van der Waals surface area contributed by atoms with Crippen LogP contribution in [0.2, 0.25) is 0 Å². The third kappa shape index (κ3) is 7.11. The first kappa shape index (κ1) is 12.4. The highest BCUT2D eigenvalue weighted by Crippen LogP contribution is 2.18. The molecule has 0 saturated heterocycles. The molecule has 0 saturated carbocycles. The highest BCUT2D eigenvalue weighted by Gasteiger charge is 2.14. The van der Waals surface area contributed by atoms with E-state index in [0.717, 1.165) is 6.42 Å². The Balaban J connectivity index is 3.31. The average Bonchev–Trinajstić information content (AvgIpc) is 1.98. The maximum absolute atomic E-state index is 5.33. The summed E-state index contributed by atoms with van der Waals surface area (Å²) >= 11 is 3.54. The number of methoxy groups -OCH3 is 1. The van der Waals surface area contributed by atoms with Gasteiger partial charge in [-0.2, -0.15) is 0 Å². The first-order valence-electron chi connectivity index (χ1n) is 4.67. The van der Waals surface area contributed by atoms with Crippen LogP contribution in [0.4, 0.5) is 0 Å². The molecule has 0 aliphatic heterocycles. The number of unbranched alkanes of at least 4 members (excludes halogenated alkanes) is 1. The number of hydrogen-bond acceptors (Lipinski definition) is 1. The monoisotopic (exact) mass is 236 g/mol. The predicted octanol–water partition coefficient (Wildman–Crippen LogP) is 3.76. The highest BCUT2D eigenvalue weighted by atomic mass is 79.9.